The van der Waals surface area contributed by atoms with Crippen molar-refractivity contribution in [3.63, 3.8) is 0 Å². The fraction of sp³-hybridized carbons (Fsp3) is 0.160. The van der Waals surface area contributed by atoms with Gasteiger partial charge in [-0.2, -0.15) is 0 Å². The molecule has 3 aromatic rings. The van der Waals surface area contributed by atoms with Crippen LogP contribution in [0.4, 0.5) is 10.5 Å². The van der Waals surface area contributed by atoms with Crippen molar-refractivity contribution in [2.45, 2.75) is 25.3 Å². The molecule has 1 heterocycles. The number of anilines is 1. The first-order valence-electron chi connectivity index (χ1n) is 10.1. The number of hydrogen-bond donors (Lipinski definition) is 3. The van der Waals surface area contributed by atoms with Crippen molar-refractivity contribution in [3.8, 4) is 0 Å². The highest BCUT2D eigenvalue weighted by atomic mass is 16.2. The minimum Gasteiger partial charge on any atom is -0.322 e. The maximum absolute atomic E-state index is 13.0. The minimum atomic E-state index is -1.18. The second kappa shape index (κ2) is 8.44. The van der Waals surface area contributed by atoms with Crippen LogP contribution >= 0.6 is 0 Å². The van der Waals surface area contributed by atoms with E-state index in [0.29, 0.717) is 16.8 Å². The van der Waals surface area contributed by atoms with Crippen LogP contribution in [0.1, 0.15) is 34.0 Å². The fourth-order valence-electron chi connectivity index (χ4n) is 3.74. The Morgan fingerprint density at radius 1 is 0.903 bits per heavy atom. The van der Waals surface area contributed by atoms with Gasteiger partial charge in [-0.05, 0) is 54.7 Å². The quantitative estimate of drug-likeness (QED) is 0.538. The van der Waals surface area contributed by atoms with Crippen LogP contribution < -0.4 is 16.0 Å². The summed E-state index contributed by atoms with van der Waals surface area (Å²) in [5.74, 6) is -0.641. The van der Waals surface area contributed by atoms with Crippen molar-refractivity contribution >= 4 is 23.5 Å². The van der Waals surface area contributed by atoms with Crippen LogP contribution in [0.25, 0.3) is 0 Å². The molecule has 1 fully saturated rings. The molecule has 6 nitrogen and oxygen atoms in total. The van der Waals surface area contributed by atoms with Gasteiger partial charge in [0.2, 0.25) is 0 Å². The Morgan fingerprint density at radius 3 is 2.39 bits per heavy atom. The summed E-state index contributed by atoms with van der Waals surface area (Å²) in [6, 6.07) is 24.1. The summed E-state index contributed by atoms with van der Waals surface area (Å²) < 4.78 is 0. The molecule has 156 valence electrons. The first-order valence-corrected chi connectivity index (χ1v) is 10.1. The van der Waals surface area contributed by atoms with E-state index >= 15 is 0 Å². The van der Waals surface area contributed by atoms with Gasteiger partial charge >= 0.3 is 6.03 Å². The Balaban J connectivity index is 1.52. The number of amides is 4. The average molecular weight is 413 g/mol. The van der Waals surface area contributed by atoms with E-state index in [9.17, 15) is 14.4 Å². The summed E-state index contributed by atoms with van der Waals surface area (Å²) in [6.45, 7) is 1.63. The molecule has 1 atom stereocenters. The van der Waals surface area contributed by atoms with Gasteiger partial charge in [0.05, 0.1) is 0 Å². The molecule has 0 aromatic heterocycles. The molecule has 1 unspecified atom stereocenters. The third-order valence-corrected chi connectivity index (χ3v) is 5.53. The number of carbonyl (C=O) groups excluding carboxylic acids is 3. The van der Waals surface area contributed by atoms with Crippen molar-refractivity contribution in [2.75, 3.05) is 5.32 Å². The highest BCUT2D eigenvalue weighted by Crippen LogP contribution is 2.27. The molecule has 4 amide bonds. The Labute approximate surface area is 180 Å². The number of carbonyl (C=O) groups is 3. The molecule has 0 spiro atoms. The molecule has 6 heteroatoms. The maximum atomic E-state index is 13.0. The lowest BCUT2D eigenvalue weighted by Gasteiger charge is -2.21. The van der Waals surface area contributed by atoms with Crippen LogP contribution in [0, 0.1) is 0 Å². The van der Waals surface area contributed by atoms with E-state index < -0.39 is 17.5 Å². The van der Waals surface area contributed by atoms with Crippen LogP contribution in [0.5, 0.6) is 0 Å². The smallest absolute Gasteiger partial charge is 0.322 e. The van der Waals surface area contributed by atoms with Gasteiger partial charge in [-0.3, -0.25) is 14.9 Å². The lowest BCUT2D eigenvalue weighted by molar-refractivity contribution is -0.123. The predicted octanol–water partition coefficient (Wildman–Crippen LogP) is 3.78. The van der Waals surface area contributed by atoms with Gasteiger partial charge in [-0.25, -0.2) is 4.79 Å². The van der Waals surface area contributed by atoms with E-state index in [0.717, 1.165) is 18.4 Å². The highest BCUT2D eigenvalue weighted by molar-refractivity contribution is 6.08. The van der Waals surface area contributed by atoms with Gasteiger partial charge in [-0.1, -0.05) is 60.7 Å². The number of benzene rings is 3. The SMILES string of the molecule is CC1(c2cccc(NC(=O)c3ccccc3CCc3ccccc3)c2)NC(=O)NC1=O. The molecule has 1 saturated heterocycles. The molecule has 4 rings (SSSR count). The summed E-state index contributed by atoms with van der Waals surface area (Å²) in [4.78, 5) is 36.8. The second-order valence-electron chi connectivity index (χ2n) is 7.71. The lowest BCUT2D eigenvalue weighted by Crippen LogP contribution is -2.40. The van der Waals surface area contributed by atoms with Crippen LogP contribution in [0.2, 0.25) is 0 Å². The van der Waals surface area contributed by atoms with Crippen molar-refractivity contribution in [2.24, 2.45) is 0 Å². The summed E-state index contributed by atoms with van der Waals surface area (Å²) in [5.41, 5.74) is 2.76. The number of nitrogens with one attached hydrogen (secondary N) is 3. The molecule has 0 bridgehead atoms. The van der Waals surface area contributed by atoms with E-state index in [1.54, 1.807) is 31.2 Å². The van der Waals surface area contributed by atoms with Gasteiger partial charge in [0, 0.05) is 11.3 Å². The van der Waals surface area contributed by atoms with Crippen LogP contribution in [-0.4, -0.2) is 17.8 Å². The molecule has 3 N–H and O–H groups in total. The van der Waals surface area contributed by atoms with Crippen molar-refractivity contribution < 1.29 is 14.4 Å². The Kier molecular flexibility index (Phi) is 5.54. The predicted molar refractivity (Wildman–Crippen MR) is 119 cm³/mol. The minimum absolute atomic E-state index is 0.217. The van der Waals surface area contributed by atoms with Crippen molar-refractivity contribution in [1.29, 1.82) is 0 Å². The maximum Gasteiger partial charge on any atom is 0.322 e. The molecule has 1 aliphatic heterocycles. The molecular weight excluding hydrogens is 390 g/mol. The number of imide groups is 1. The van der Waals surface area contributed by atoms with Gasteiger partial charge in [0.25, 0.3) is 11.8 Å². The van der Waals surface area contributed by atoms with Gasteiger partial charge in [-0.15, -0.1) is 0 Å². The summed E-state index contributed by atoms with van der Waals surface area (Å²) in [7, 11) is 0. The van der Waals surface area contributed by atoms with E-state index in [1.165, 1.54) is 5.56 Å². The zero-order chi connectivity index (χ0) is 21.8. The van der Waals surface area contributed by atoms with Gasteiger partial charge < -0.3 is 10.6 Å². The molecule has 0 radical (unpaired) electrons. The Bertz CT molecular complexity index is 1140. The molecule has 0 aliphatic carbocycles. The number of aryl methyl sites for hydroxylation is 2. The molecule has 3 aromatic carbocycles. The first kappa shape index (κ1) is 20.3. The summed E-state index contributed by atoms with van der Waals surface area (Å²) in [6.07, 6.45) is 1.59. The zero-order valence-corrected chi connectivity index (χ0v) is 17.1. The van der Waals surface area contributed by atoms with E-state index in [2.05, 4.69) is 28.1 Å². The normalized spacial score (nSPS) is 17.7. The Hall–Kier alpha value is -3.93. The number of rotatable bonds is 6. The first-order chi connectivity index (χ1) is 15.0. The van der Waals surface area contributed by atoms with E-state index in [1.807, 2.05) is 42.5 Å². The standard InChI is InChI=1S/C25H23N3O3/c1-25(23(30)27-24(31)28-25)19-11-7-12-20(16-19)26-22(29)21-13-6-5-10-18(21)15-14-17-8-3-2-4-9-17/h2-13,16H,14-15H2,1H3,(H,26,29)(H2,27,28,30,31). The Morgan fingerprint density at radius 2 is 1.65 bits per heavy atom. The average Bonchev–Trinajstić information content (AvgIpc) is 3.05. The second-order valence-corrected chi connectivity index (χ2v) is 7.71. The number of hydrogen-bond acceptors (Lipinski definition) is 3. The fourth-order valence-corrected chi connectivity index (χ4v) is 3.74. The van der Waals surface area contributed by atoms with Crippen LogP contribution in [0.3, 0.4) is 0 Å². The third-order valence-electron chi connectivity index (χ3n) is 5.53. The third kappa shape index (κ3) is 4.33. The monoisotopic (exact) mass is 413 g/mol. The van der Waals surface area contributed by atoms with E-state index in [-0.39, 0.29) is 5.91 Å². The highest BCUT2D eigenvalue weighted by Gasteiger charge is 2.43. The summed E-state index contributed by atoms with van der Waals surface area (Å²) >= 11 is 0. The van der Waals surface area contributed by atoms with Gasteiger partial charge in [0.1, 0.15) is 5.54 Å². The van der Waals surface area contributed by atoms with Crippen LogP contribution in [0.15, 0.2) is 78.9 Å². The van der Waals surface area contributed by atoms with Crippen molar-refractivity contribution in [1.82, 2.24) is 10.6 Å². The number of urea groups is 1. The molecular formula is C25H23N3O3. The van der Waals surface area contributed by atoms with Crippen LogP contribution in [-0.2, 0) is 23.2 Å². The molecule has 31 heavy (non-hydrogen) atoms. The van der Waals surface area contributed by atoms with E-state index in [4.69, 9.17) is 0 Å². The molecule has 1 aliphatic rings. The lowest BCUT2D eigenvalue weighted by atomic mass is 9.92. The topological polar surface area (TPSA) is 87.3 Å². The zero-order valence-electron chi connectivity index (χ0n) is 17.1. The van der Waals surface area contributed by atoms with Crippen molar-refractivity contribution in [3.05, 3.63) is 101 Å². The summed E-state index contributed by atoms with van der Waals surface area (Å²) in [5, 5.41) is 7.81. The van der Waals surface area contributed by atoms with Gasteiger partial charge in [0.15, 0.2) is 0 Å². The largest absolute Gasteiger partial charge is 0.322 e. The molecule has 0 saturated carbocycles.